The predicted molar refractivity (Wildman–Crippen MR) is 118 cm³/mol. The van der Waals surface area contributed by atoms with Gasteiger partial charge in [0.05, 0.1) is 0 Å². The van der Waals surface area contributed by atoms with Crippen LogP contribution in [0.2, 0.25) is 0 Å². The average Bonchev–Trinajstić information content (AvgIpc) is 2.77. The lowest BCUT2D eigenvalue weighted by molar-refractivity contribution is -0.322. The molecule has 0 saturated heterocycles. The molecule has 0 atom stereocenters. The second-order valence-electron chi connectivity index (χ2n) is 7.64. The van der Waals surface area contributed by atoms with Crippen molar-refractivity contribution in [1.82, 2.24) is 0 Å². The summed E-state index contributed by atoms with van der Waals surface area (Å²) >= 11 is 0. The van der Waals surface area contributed by atoms with Gasteiger partial charge in [-0.2, -0.15) is 4.89 Å². The first-order valence-electron chi connectivity index (χ1n) is 9.88. The third-order valence-corrected chi connectivity index (χ3v) is 3.88. The maximum absolute atomic E-state index is 11.9. The highest BCUT2D eigenvalue weighted by molar-refractivity contribution is 6.14. The highest BCUT2D eigenvalue weighted by atomic mass is 17.2. The van der Waals surface area contributed by atoms with Crippen LogP contribution in [0, 0.1) is 0 Å². The Balaban J connectivity index is 1.84. The minimum absolute atomic E-state index is 0.395. The number of carbonyl (C=O) groups excluding carboxylic acids is 1. The summed E-state index contributed by atoms with van der Waals surface area (Å²) in [6, 6.07) is 26.5. The molecule has 31 heavy (non-hydrogen) atoms. The minimum atomic E-state index is -0.681. The van der Waals surface area contributed by atoms with Gasteiger partial charge in [-0.05, 0) is 45.0 Å². The van der Waals surface area contributed by atoms with Gasteiger partial charge in [0.1, 0.15) is 22.8 Å². The Bertz CT molecular complexity index is 1010. The Labute approximate surface area is 181 Å². The number of nitrogens with zero attached hydrogens (tertiary/aromatic N) is 1. The number of hydrogen-bond donors (Lipinski definition) is 0. The Morgan fingerprint density at radius 1 is 0.839 bits per heavy atom. The Morgan fingerprint density at radius 2 is 1.45 bits per heavy atom. The molecule has 0 fully saturated rings. The third kappa shape index (κ3) is 6.97. The van der Waals surface area contributed by atoms with Crippen LogP contribution >= 0.6 is 0 Å². The van der Waals surface area contributed by atoms with Gasteiger partial charge in [0.25, 0.3) is 0 Å². The molecule has 3 rings (SSSR count). The molecule has 0 aliphatic heterocycles. The maximum Gasteiger partial charge on any atom is 0.382 e. The standard InChI is InChI=1S/C25H25NO5/c1-25(2,3)31-30-23(27)18-28-26-24(19-12-6-4-7-13-19)21-16-10-11-17-22(21)29-20-14-8-5-9-15-20/h4-17H,18H2,1-3H3/b26-24+. The molecule has 0 N–H and O–H groups in total. The first-order chi connectivity index (χ1) is 14.9. The molecule has 6 nitrogen and oxygen atoms in total. The first-order valence-corrected chi connectivity index (χ1v) is 9.88. The molecule has 0 aromatic heterocycles. The van der Waals surface area contributed by atoms with Crippen molar-refractivity contribution in [3.05, 3.63) is 96.1 Å². The highest BCUT2D eigenvalue weighted by Crippen LogP contribution is 2.27. The molecule has 0 aliphatic rings. The molecule has 0 amide bonds. The van der Waals surface area contributed by atoms with Crippen LogP contribution in [-0.2, 0) is 19.4 Å². The highest BCUT2D eigenvalue weighted by Gasteiger charge is 2.17. The summed E-state index contributed by atoms with van der Waals surface area (Å²) in [4.78, 5) is 27.0. The first kappa shape index (κ1) is 22.1. The van der Waals surface area contributed by atoms with Crippen LogP contribution in [0.3, 0.4) is 0 Å². The van der Waals surface area contributed by atoms with Gasteiger partial charge in [0.15, 0.2) is 0 Å². The van der Waals surface area contributed by atoms with Gasteiger partial charge in [0.2, 0.25) is 6.61 Å². The number of carbonyl (C=O) groups is 1. The van der Waals surface area contributed by atoms with Crippen LogP contribution in [0.25, 0.3) is 0 Å². The molecule has 3 aromatic carbocycles. The lowest BCUT2D eigenvalue weighted by Gasteiger charge is -2.16. The monoisotopic (exact) mass is 419 g/mol. The zero-order valence-electron chi connectivity index (χ0n) is 17.8. The summed E-state index contributed by atoms with van der Waals surface area (Å²) in [7, 11) is 0. The molecule has 0 radical (unpaired) electrons. The van der Waals surface area contributed by atoms with Crippen molar-refractivity contribution in [2.24, 2.45) is 5.16 Å². The minimum Gasteiger partial charge on any atom is -0.457 e. The van der Waals surface area contributed by atoms with Gasteiger partial charge < -0.3 is 9.57 Å². The van der Waals surface area contributed by atoms with Crippen molar-refractivity contribution in [1.29, 1.82) is 0 Å². The van der Waals surface area contributed by atoms with Crippen LogP contribution in [0.5, 0.6) is 11.5 Å². The molecule has 0 unspecified atom stereocenters. The number of hydrogen-bond acceptors (Lipinski definition) is 6. The number of benzene rings is 3. The third-order valence-electron chi connectivity index (χ3n) is 3.88. The lowest BCUT2D eigenvalue weighted by Crippen LogP contribution is -2.23. The van der Waals surface area contributed by atoms with E-state index < -0.39 is 18.2 Å². The van der Waals surface area contributed by atoms with Gasteiger partial charge >= 0.3 is 5.97 Å². The SMILES string of the molecule is CC(C)(C)OOC(=O)CO/N=C(\c1ccccc1)c1ccccc1Oc1ccccc1. The molecule has 160 valence electrons. The van der Waals surface area contributed by atoms with E-state index in [-0.39, 0.29) is 0 Å². The molecule has 0 heterocycles. The van der Waals surface area contributed by atoms with Crippen molar-refractivity contribution in [3.63, 3.8) is 0 Å². The second kappa shape index (κ2) is 10.4. The molecule has 0 aliphatic carbocycles. The van der Waals surface area contributed by atoms with E-state index in [4.69, 9.17) is 19.3 Å². The zero-order chi connectivity index (χ0) is 22.1. The molecule has 0 saturated carbocycles. The van der Waals surface area contributed by atoms with E-state index in [1.54, 1.807) is 20.8 Å². The summed E-state index contributed by atoms with van der Waals surface area (Å²) in [5.74, 6) is 0.629. The fourth-order valence-electron chi connectivity index (χ4n) is 2.57. The van der Waals surface area contributed by atoms with Gasteiger partial charge in [-0.3, -0.25) is 4.89 Å². The van der Waals surface area contributed by atoms with Crippen molar-refractivity contribution < 1.29 is 24.1 Å². The van der Waals surface area contributed by atoms with E-state index >= 15 is 0 Å². The summed E-state index contributed by atoms with van der Waals surface area (Å²) in [6.07, 6.45) is 0. The second-order valence-corrected chi connectivity index (χ2v) is 7.64. The summed E-state index contributed by atoms with van der Waals surface area (Å²) in [5, 5.41) is 4.23. The van der Waals surface area contributed by atoms with Crippen LogP contribution in [0.4, 0.5) is 0 Å². The van der Waals surface area contributed by atoms with Crippen molar-refractivity contribution in [2.45, 2.75) is 26.4 Å². The quantitative estimate of drug-likeness (QED) is 0.273. The van der Waals surface area contributed by atoms with Crippen LogP contribution in [0.15, 0.2) is 90.1 Å². The van der Waals surface area contributed by atoms with Gasteiger partial charge in [-0.15, -0.1) is 0 Å². The largest absolute Gasteiger partial charge is 0.457 e. The Hall–Kier alpha value is -3.64. The summed E-state index contributed by atoms with van der Waals surface area (Å²) in [6.45, 7) is 4.93. The van der Waals surface area contributed by atoms with Crippen LogP contribution in [0.1, 0.15) is 31.9 Å². The molecule has 6 heteroatoms. The average molecular weight is 419 g/mol. The van der Waals surface area contributed by atoms with E-state index in [0.29, 0.717) is 17.2 Å². The Kier molecular flexibility index (Phi) is 7.40. The summed E-state index contributed by atoms with van der Waals surface area (Å²) in [5.41, 5.74) is 1.45. The van der Waals surface area contributed by atoms with Crippen LogP contribution < -0.4 is 4.74 Å². The van der Waals surface area contributed by atoms with Crippen LogP contribution in [-0.4, -0.2) is 23.9 Å². The smallest absolute Gasteiger partial charge is 0.382 e. The molecule has 3 aromatic rings. The maximum atomic E-state index is 11.9. The van der Waals surface area contributed by atoms with E-state index in [0.717, 1.165) is 11.1 Å². The molecule has 0 spiro atoms. The van der Waals surface area contributed by atoms with Gasteiger partial charge in [0, 0.05) is 11.1 Å². The van der Waals surface area contributed by atoms with Gasteiger partial charge in [-0.1, -0.05) is 65.8 Å². The Morgan fingerprint density at radius 3 is 2.13 bits per heavy atom. The van der Waals surface area contributed by atoms with Crippen molar-refractivity contribution >= 4 is 11.7 Å². The predicted octanol–water partition coefficient (Wildman–Crippen LogP) is 5.52. The number of oxime groups is 1. The van der Waals surface area contributed by atoms with E-state index in [1.165, 1.54) is 0 Å². The molecule has 0 bridgehead atoms. The normalized spacial score (nSPS) is 11.6. The summed E-state index contributed by atoms with van der Waals surface area (Å²) < 4.78 is 6.07. The zero-order valence-corrected chi connectivity index (χ0v) is 17.8. The fourth-order valence-corrected chi connectivity index (χ4v) is 2.57. The van der Waals surface area contributed by atoms with Crippen molar-refractivity contribution in [2.75, 3.05) is 6.61 Å². The number of rotatable bonds is 8. The number of ether oxygens (including phenoxy) is 1. The number of para-hydroxylation sites is 2. The van der Waals surface area contributed by atoms with Crippen molar-refractivity contribution in [3.8, 4) is 11.5 Å². The van der Waals surface area contributed by atoms with E-state index in [1.807, 2.05) is 84.9 Å². The van der Waals surface area contributed by atoms with Gasteiger partial charge in [-0.25, -0.2) is 4.79 Å². The van der Waals surface area contributed by atoms with E-state index in [2.05, 4.69) is 5.16 Å². The topological polar surface area (TPSA) is 66.4 Å². The lowest BCUT2D eigenvalue weighted by atomic mass is 10.0. The fraction of sp³-hybridized carbons (Fsp3) is 0.200. The van der Waals surface area contributed by atoms with E-state index in [9.17, 15) is 4.79 Å². The molecular formula is C25H25NO5. The molecular weight excluding hydrogens is 394 g/mol.